The predicted octanol–water partition coefficient (Wildman–Crippen LogP) is 2.30. The highest BCUT2D eigenvalue weighted by molar-refractivity contribution is 7.12. The fourth-order valence-electron chi connectivity index (χ4n) is 2.09. The molecule has 118 valence electrons. The van der Waals surface area contributed by atoms with Gasteiger partial charge in [-0.2, -0.15) is 4.98 Å². The minimum Gasteiger partial charge on any atom is -0.403 e. The van der Waals surface area contributed by atoms with Gasteiger partial charge in [0.2, 0.25) is 5.71 Å². The molecule has 0 radical (unpaired) electrons. The van der Waals surface area contributed by atoms with Crippen LogP contribution in [0.5, 0.6) is 6.01 Å². The van der Waals surface area contributed by atoms with Gasteiger partial charge in [-0.15, -0.1) is 11.3 Å². The van der Waals surface area contributed by atoms with Crippen LogP contribution in [0.3, 0.4) is 0 Å². The molecule has 3 aromatic rings. The van der Waals surface area contributed by atoms with Gasteiger partial charge in [-0.25, -0.2) is 4.79 Å². The monoisotopic (exact) mass is 331 g/mol. The maximum atomic E-state index is 12.2. The van der Waals surface area contributed by atoms with Gasteiger partial charge in [0.25, 0.3) is 5.56 Å². The number of H-pyrrole nitrogens is 1. The Kier molecular flexibility index (Phi) is 4.07. The first-order valence-corrected chi connectivity index (χ1v) is 7.79. The Labute approximate surface area is 134 Å². The molecule has 0 spiro atoms. The van der Waals surface area contributed by atoms with E-state index in [1.54, 1.807) is 6.92 Å². The van der Waals surface area contributed by atoms with Crippen molar-refractivity contribution in [2.75, 3.05) is 0 Å². The first-order chi connectivity index (χ1) is 11.1. The van der Waals surface area contributed by atoms with E-state index in [4.69, 9.17) is 9.25 Å². The van der Waals surface area contributed by atoms with Gasteiger partial charge in [0.05, 0.1) is 10.6 Å². The first-order valence-electron chi connectivity index (χ1n) is 6.91. The first kappa shape index (κ1) is 15.2. The number of aromatic nitrogens is 2. The van der Waals surface area contributed by atoms with E-state index in [0.717, 1.165) is 4.88 Å². The third-order valence-electron chi connectivity index (χ3n) is 3.20. The second kappa shape index (κ2) is 6.17. The largest absolute Gasteiger partial charge is 0.403 e. The zero-order valence-corrected chi connectivity index (χ0v) is 13.3. The fraction of sp³-hybridized carbons (Fsp3) is 0.200. The Bertz CT molecular complexity index is 986. The molecule has 3 heterocycles. The number of thiophene rings is 1. The number of nitrogens with one attached hydrogen (secondary N) is 1. The fourth-order valence-corrected chi connectivity index (χ4v) is 2.76. The van der Waals surface area contributed by atoms with Crippen LogP contribution in [-0.4, -0.2) is 15.7 Å². The molecule has 8 heteroatoms. The molecule has 0 saturated heterocycles. The summed E-state index contributed by atoms with van der Waals surface area (Å²) in [6.07, 6.45) is 0.517. The number of rotatable bonds is 4. The number of aryl methyl sites for hydroxylation is 1. The number of nitrogens with zero attached hydrogens (tertiary/aromatic N) is 2. The maximum absolute atomic E-state index is 12.2. The average Bonchev–Trinajstić information content (AvgIpc) is 3.05. The lowest BCUT2D eigenvalue weighted by Crippen LogP contribution is -2.14. The molecule has 23 heavy (non-hydrogen) atoms. The minimum absolute atomic E-state index is 0.0583. The summed E-state index contributed by atoms with van der Waals surface area (Å²) in [5, 5.41) is 6.10. The molecule has 0 bridgehead atoms. The smallest absolute Gasteiger partial charge is 0.337 e. The highest BCUT2D eigenvalue weighted by Gasteiger charge is 2.12. The standard InChI is InChI=1S/C15H13N3O4S/c1-3-9-7-11(19)21-14-12(9)13(20)16-15(17-14)22-18-8(2)10-5-4-6-23-10/h4-7H,3H2,1-2H3,(H,16,17,20). The second-order valence-corrected chi connectivity index (χ2v) is 5.69. The number of hydrogen-bond acceptors (Lipinski definition) is 7. The van der Waals surface area contributed by atoms with Gasteiger partial charge in [0.15, 0.2) is 0 Å². The lowest BCUT2D eigenvalue weighted by Gasteiger charge is -2.03. The summed E-state index contributed by atoms with van der Waals surface area (Å²) in [4.78, 5) is 36.3. The molecule has 1 N–H and O–H groups in total. The van der Waals surface area contributed by atoms with Crippen molar-refractivity contribution in [1.29, 1.82) is 0 Å². The van der Waals surface area contributed by atoms with E-state index in [1.165, 1.54) is 17.4 Å². The lowest BCUT2D eigenvalue weighted by molar-refractivity contribution is 0.311. The van der Waals surface area contributed by atoms with E-state index in [9.17, 15) is 9.59 Å². The molecule has 3 aromatic heterocycles. The van der Waals surface area contributed by atoms with E-state index in [2.05, 4.69) is 15.1 Å². The molecule has 3 rings (SSSR count). The van der Waals surface area contributed by atoms with Gasteiger partial charge in [-0.3, -0.25) is 9.78 Å². The molecule has 0 aliphatic carbocycles. The van der Waals surface area contributed by atoms with Crippen molar-refractivity contribution in [3.8, 4) is 6.01 Å². The molecule has 0 aliphatic heterocycles. The van der Waals surface area contributed by atoms with E-state index in [1.807, 2.05) is 24.4 Å². The topological polar surface area (TPSA) is 97.5 Å². The van der Waals surface area contributed by atoms with Crippen LogP contribution in [0.4, 0.5) is 0 Å². The summed E-state index contributed by atoms with van der Waals surface area (Å²) in [5.41, 5.74) is 0.171. The van der Waals surface area contributed by atoms with E-state index in [-0.39, 0.29) is 17.1 Å². The van der Waals surface area contributed by atoms with Crippen LogP contribution in [0, 0.1) is 0 Å². The number of oxime groups is 1. The Morgan fingerprint density at radius 2 is 2.30 bits per heavy atom. The minimum atomic E-state index is -0.559. The maximum Gasteiger partial charge on any atom is 0.337 e. The van der Waals surface area contributed by atoms with Crippen molar-refractivity contribution in [3.05, 3.63) is 54.8 Å². The van der Waals surface area contributed by atoms with E-state index >= 15 is 0 Å². The van der Waals surface area contributed by atoms with Crippen LogP contribution < -0.4 is 16.0 Å². The molecule has 0 unspecified atom stereocenters. The van der Waals surface area contributed by atoms with Crippen LogP contribution in [-0.2, 0) is 6.42 Å². The lowest BCUT2D eigenvalue weighted by atomic mass is 10.1. The Hall–Kier alpha value is -2.74. The highest BCUT2D eigenvalue weighted by Crippen LogP contribution is 2.14. The summed E-state index contributed by atoms with van der Waals surface area (Å²) in [6, 6.07) is 4.96. The molecule has 0 aliphatic rings. The normalized spacial score (nSPS) is 11.8. The van der Waals surface area contributed by atoms with Crippen molar-refractivity contribution >= 4 is 28.1 Å². The van der Waals surface area contributed by atoms with E-state index in [0.29, 0.717) is 17.7 Å². The predicted molar refractivity (Wildman–Crippen MR) is 87.4 cm³/mol. The molecular weight excluding hydrogens is 318 g/mol. The second-order valence-electron chi connectivity index (χ2n) is 4.74. The summed E-state index contributed by atoms with van der Waals surface area (Å²) in [6.45, 7) is 3.62. The summed E-state index contributed by atoms with van der Waals surface area (Å²) in [7, 11) is 0. The number of fused-ring (bicyclic) bond motifs is 1. The molecule has 0 atom stereocenters. The molecular formula is C15H13N3O4S. The van der Waals surface area contributed by atoms with Crippen LogP contribution in [0.1, 0.15) is 24.3 Å². The third-order valence-corrected chi connectivity index (χ3v) is 4.18. The molecule has 7 nitrogen and oxygen atoms in total. The Morgan fingerprint density at radius 3 is 3.00 bits per heavy atom. The molecule has 0 fully saturated rings. The molecule has 0 aromatic carbocycles. The average molecular weight is 331 g/mol. The van der Waals surface area contributed by atoms with Crippen molar-refractivity contribution in [1.82, 2.24) is 9.97 Å². The SMILES string of the molecule is CCc1cc(=O)oc2nc(ON=C(C)c3cccs3)[nH]c(=O)c12. The van der Waals surface area contributed by atoms with Gasteiger partial charge in [-0.05, 0) is 30.4 Å². The van der Waals surface area contributed by atoms with Crippen molar-refractivity contribution < 1.29 is 9.25 Å². The number of aromatic amines is 1. The summed E-state index contributed by atoms with van der Waals surface area (Å²) >= 11 is 1.52. The zero-order chi connectivity index (χ0) is 16.4. The number of hydrogen-bond donors (Lipinski definition) is 1. The van der Waals surface area contributed by atoms with E-state index < -0.39 is 11.2 Å². The molecule has 0 amide bonds. The van der Waals surface area contributed by atoms with Gasteiger partial charge in [0, 0.05) is 6.07 Å². The quantitative estimate of drug-likeness (QED) is 0.584. The Balaban J connectivity index is 2.02. The van der Waals surface area contributed by atoms with Gasteiger partial charge < -0.3 is 9.25 Å². The summed E-state index contributed by atoms with van der Waals surface area (Å²) < 4.78 is 4.99. The van der Waals surface area contributed by atoms with Crippen LogP contribution in [0.2, 0.25) is 0 Å². The third kappa shape index (κ3) is 3.07. The van der Waals surface area contributed by atoms with Crippen molar-refractivity contribution in [2.24, 2.45) is 5.16 Å². The van der Waals surface area contributed by atoms with Gasteiger partial charge >= 0.3 is 11.6 Å². The van der Waals surface area contributed by atoms with Crippen LogP contribution >= 0.6 is 11.3 Å². The van der Waals surface area contributed by atoms with Crippen LogP contribution in [0.15, 0.2) is 42.7 Å². The molecule has 0 saturated carbocycles. The highest BCUT2D eigenvalue weighted by atomic mass is 32.1. The van der Waals surface area contributed by atoms with Crippen molar-refractivity contribution in [3.63, 3.8) is 0 Å². The van der Waals surface area contributed by atoms with Gasteiger partial charge in [0.1, 0.15) is 5.39 Å². The van der Waals surface area contributed by atoms with Crippen molar-refractivity contribution in [2.45, 2.75) is 20.3 Å². The van der Waals surface area contributed by atoms with Gasteiger partial charge in [-0.1, -0.05) is 18.1 Å². The Morgan fingerprint density at radius 1 is 1.48 bits per heavy atom. The summed E-state index contributed by atoms with van der Waals surface area (Å²) in [5.74, 6) is 0. The zero-order valence-electron chi connectivity index (χ0n) is 12.5. The van der Waals surface area contributed by atoms with Crippen LogP contribution in [0.25, 0.3) is 11.1 Å².